The van der Waals surface area contributed by atoms with Crippen molar-refractivity contribution in [3.63, 3.8) is 0 Å². The van der Waals surface area contributed by atoms with Crippen LogP contribution in [0.1, 0.15) is 24.2 Å². The standard InChI is InChI=1S/C17H22N4O3/c1-20-11-18-19-15(20)8-17(22)6-3-7-21(10-17)9-13-4-2-5-14-16(13)24-12-23-14/h2,4-5,11,22H,3,6-10,12H2,1H3. The third-order valence-electron chi connectivity index (χ3n) is 4.80. The maximum Gasteiger partial charge on any atom is 0.231 e. The zero-order valence-electron chi connectivity index (χ0n) is 13.8. The summed E-state index contributed by atoms with van der Waals surface area (Å²) < 4.78 is 12.9. The van der Waals surface area contributed by atoms with E-state index in [0.29, 0.717) is 13.0 Å². The average Bonchev–Trinajstić information content (AvgIpc) is 3.17. The van der Waals surface area contributed by atoms with Crippen LogP contribution in [-0.2, 0) is 20.0 Å². The van der Waals surface area contributed by atoms with Gasteiger partial charge in [0.2, 0.25) is 6.79 Å². The van der Waals surface area contributed by atoms with E-state index in [9.17, 15) is 5.11 Å². The second kappa shape index (κ2) is 6.07. The van der Waals surface area contributed by atoms with Crippen LogP contribution in [0.2, 0.25) is 0 Å². The molecule has 1 fully saturated rings. The van der Waals surface area contributed by atoms with E-state index >= 15 is 0 Å². The lowest BCUT2D eigenvalue weighted by molar-refractivity contribution is -0.0346. The highest BCUT2D eigenvalue weighted by Crippen LogP contribution is 2.36. The van der Waals surface area contributed by atoms with Crippen LogP contribution in [0, 0.1) is 0 Å². The first-order valence-corrected chi connectivity index (χ1v) is 8.28. The highest BCUT2D eigenvalue weighted by molar-refractivity contribution is 5.48. The summed E-state index contributed by atoms with van der Waals surface area (Å²) in [6, 6.07) is 5.97. The number of aromatic nitrogens is 3. The Kier molecular flexibility index (Phi) is 3.90. The molecule has 0 aliphatic carbocycles. The first kappa shape index (κ1) is 15.4. The van der Waals surface area contributed by atoms with Crippen LogP contribution in [0.3, 0.4) is 0 Å². The fraction of sp³-hybridized carbons (Fsp3) is 0.529. The van der Waals surface area contributed by atoms with Crippen molar-refractivity contribution in [3.05, 3.63) is 35.9 Å². The van der Waals surface area contributed by atoms with E-state index in [1.54, 1.807) is 6.33 Å². The summed E-state index contributed by atoms with van der Waals surface area (Å²) in [6.45, 7) is 2.60. The molecule has 3 heterocycles. The molecular formula is C17H22N4O3. The van der Waals surface area contributed by atoms with Gasteiger partial charge in [-0.2, -0.15) is 0 Å². The molecule has 1 atom stereocenters. The molecule has 2 aliphatic heterocycles. The van der Waals surface area contributed by atoms with Crippen molar-refractivity contribution in [1.29, 1.82) is 0 Å². The summed E-state index contributed by atoms with van der Waals surface area (Å²) in [5.74, 6) is 2.45. The van der Waals surface area contributed by atoms with Gasteiger partial charge in [0.25, 0.3) is 0 Å². The van der Waals surface area contributed by atoms with Crippen molar-refractivity contribution in [3.8, 4) is 11.5 Å². The highest BCUT2D eigenvalue weighted by Gasteiger charge is 2.35. The van der Waals surface area contributed by atoms with Gasteiger partial charge in [0.15, 0.2) is 11.5 Å². The third kappa shape index (κ3) is 2.97. The van der Waals surface area contributed by atoms with Gasteiger partial charge >= 0.3 is 0 Å². The molecule has 4 rings (SSSR count). The number of ether oxygens (including phenoxy) is 2. The zero-order chi connectivity index (χ0) is 16.6. The summed E-state index contributed by atoms with van der Waals surface area (Å²) in [5, 5.41) is 19.0. The van der Waals surface area contributed by atoms with E-state index in [-0.39, 0.29) is 6.79 Å². The van der Waals surface area contributed by atoms with Crippen molar-refractivity contribution in [1.82, 2.24) is 19.7 Å². The van der Waals surface area contributed by atoms with Gasteiger partial charge in [0.05, 0.1) is 5.60 Å². The SMILES string of the molecule is Cn1cnnc1CC1(O)CCCN(Cc2cccc3c2OCO3)C1. The molecule has 1 unspecified atom stereocenters. The molecule has 0 saturated carbocycles. The minimum atomic E-state index is -0.769. The molecule has 1 aromatic heterocycles. The van der Waals surface area contributed by atoms with Crippen LogP contribution >= 0.6 is 0 Å². The van der Waals surface area contributed by atoms with Gasteiger partial charge in [-0.25, -0.2) is 0 Å². The number of aryl methyl sites for hydroxylation is 1. The molecule has 24 heavy (non-hydrogen) atoms. The molecule has 1 saturated heterocycles. The molecular weight excluding hydrogens is 308 g/mol. The Morgan fingerprint density at radius 3 is 3.08 bits per heavy atom. The molecule has 128 valence electrons. The Morgan fingerprint density at radius 1 is 1.33 bits per heavy atom. The predicted octanol–water partition coefficient (Wildman–Crippen LogP) is 1.11. The average molecular weight is 330 g/mol. The van der Waals surface area contributed by atoms with E-state index in [0.717, 1.165) is 48.8 Å². The van der Waals surface area contributed by atoms with Gasteiger partial charge < -0.3 is 19.1 Å². The van der Waals surface area contributed by atoms with Crippen LogP contribution in [0.15, 0.2) is 24.5 Å². The predicted molar refractivity (Wildman–Crippen MR) is 86.7 cm³/mol. The second-order valence-electron chi connectivity index (χ2n) is 6.72. The summed E-state index contributed by atoms with van der Waals surface area (Å²) in [7, 11) is 1.91. The number of fused-ring (bicyclic) bond motifs is 1. The molecule has 0 radical (unpaired) electrons. The lowest BCUT2D eigenvalue weighted by Crippen LogP contribution is -2.49. The minimum Gasteiger partial charge on any atom is -0.454 e. The van der Waals surface area contributed by atoms with Crippen LogP contribution in [0.25, 0.3) is 0 Å². The van der Waals surface area contributed by atoms with E-state index in [2.05, 4.69) is 21.2 Å². The van der Waals surface area contributed by atoms with Gasteiger partial charge in [-0.3, -0.25) is 4.90 Å². The molecule has 0 amide bonds. The maximum absolute atomic E-state index is 11.0. The Balaban J connectivity index is 1.47. The number of para-hydroxylation sites is 1. The number of nitrogens with zero attached hydrogens (tertiary/aromatic N) is 4. The summed E-state index contributed by atoms with van der Waals surface area (Å²) >= 11 is 0. The quantitative estimate of drug-likeness (QED) is 0.905. The summed E-state index contributed by atoms with van der Waals surface area (Å²) in [4.78, 5) is 2.27. The van der Waals surface area contributed by atoms with Gasteiger partial charge in [0, 0.05) is 32.1 Å². The lowest BCUT2D eigenvalue weighted by Gasteiger charge is -2.39. The first-order chi connectivity index (χ1) is 11.6. The number of β-amino-alcohol motifs (C(OH)–C–C–N with tert-alkyl or cyclic N) is 1. The van der Waals surface area contributed by atoms with Gasteiger partial charge in [0.1, 0.15) is 12.2 Å². The van der Waals surface area contributed by atoms with Crippen LogP contribution < -0.4 is 9.47 Å². The Hall–Kier alpha value is -2.12. The van der Waals surface area contributed by atoms with E-state index in [1.165, 1.54) is 0 Å². The molecule has 7 heteroatoms. The second-order valence-corrected chi connectivity index (χ2v) is 6.72. The number of benzene rings is 1. The van der Waals surface area contributed by atoms with E-state index in [1.807, 2.05) is 23.7 Å². The lowest BCUT2D eigenvalue weighted by atomic mass is 9.89. The van der Waals surface area contributed by atoms with E-state index in [4.69, 9.17) is 9.47 Å². The fourth-order valence-electron chi connectivity index (χ4n) is 3.60. The molecule has 1 aromatic carbocycles. The van der Waals surface area contributed by atoms with Gasteiger partial charge in [-0.1, -0.05) is 12.1 Å². The van der Waals surface area contributed by atoms with Crippen molar-refractivity contribution >= 4 is 0 Å². The monoisotopic (exact) mass is 330 g/mol. The molecule has 2 aliphatic rings. The number of piperidine rings is 1. The normalized spacial score (nSPS) is 23.6. The number of hydrogen-bond donors (Lipinski definition) is 1. The maximum atomic E-state index is 11.0. The molecule has 0 spiro atoms. The van der Waals surface area contributed by atoms with Crippen LogP contribution in [0.5, 0.6) is 11.5 Å². The molecule has 2 aromatic rings. The number of aliphatic hydroxyl groups is 1. The van der Waals surface area contributed by atoms with Gasteiger partial charge in [-0.05, 0) is 25.5 Å². The number of likely N-dealkylation sites (tertiary alicyclic amines) is 1. The largest absolute Gasteiger partial charge is 0.454 e. The molecule has 1 N–H and O–H groups in total. The molecule has 0 bridgehead atoms. The minimum absolute atomic E-state index is 0.280. The van der Waals surface area contributed by atoms with Crippen molar-refractivity contribution in [2.75, 3.05) is 19.9 Å². The fourth-order valence-corrected chi connectivity index (χ4v) is 3.60. The smallest absolute Gasteiger partial charge is 0.231 e. The summed E-state index contributed by atoms with van der Waals surface area (Å²) in [5.41, 5.74) is 0.335. The topological polar surface area (TPSA) is 72.6 Å². The summed E-state index contributed by atoms with van der Waals surface area (Å²) in [6.07, 6.45) is 3.93. The first-order valence-electron chi connectivity index (χ1n) is 8.28. The Morgan fingerprint density at radius 2 is 2.25 bits per heavy atom. The Labute approximate surface area is 140 Å². The van der Waals surface area contributed by atoms with Crippen LogP contribution in [-0.4, -0.2) is 50.3 Å². The van der Waals surface area contributed by atoms with Gasteiger partial charge in [-0.15, -0.1) is 10.2 Å². The highest BCUT2D eigenvalue weighted by atomic mass is 16.7. The van der Waals surface area contributed by atoms with Crippen molar-refractivity contribution < 1.29 is 14.6 Å². The third-order valence-corrected chi connectivity index (χ3v) is 4.80. The van der Waals surface area contributed by atoms with Crippen molar-refractivity contribution in [2.45, 2.75) is 31.4 Å². The number of hydrogen-bond acceptors (Lipinski definition) is 6. The van der Waals surface area contributed by atoms with E-state index < -0.39 is 5.60 Å². The van der Waals surface area contributed by atoms with Crippen LogP contribution in [0.4, 0.5) is 0 Å². The number of rotatable bonds is 4. The Bertz CT molecular complexity index is 732. The van der Waals surface area contributed by atoms with Crippen molar-refractivity contribution in [2.24, 2.45) is 7.05 Å². The zero-order valence-corrected chi connectivity index (χ0v) is 13.8. The molecule has 7 nitrogen and oxygen atoms in total.